The van der Waals surface area contributed by atoms with Crippen LogP contribution in [0.3, 0.4) is 0 Å². The van der Waals surface area contributed by atoms with E-state index in [0.29, 0.717) is 16.9 Å². The minimum absolute atomic E-state index is 0.0419. The molecule has 0 spiro atoms. The maximum atomic E-state index is 13.7. The van der Waals surface area contributed by atoms with Crippen LogP contribution in [0.2, 0.25) is 0 Å². The number of ketones is 1. The van der Waals surface area contributed by atoms with Gasteiger partial charge in [0.05, 0.1) is 12.0 Å². The maximum absolute atomic E-state index is 13.7. The SMILES string of the molecule is O=C1CC(c2cccc(Oc3ncccn3)c2)c2c(ccc3c2O/C(=C\c2cc(F)c(F)c(F)c2)C3=O)O1. The topological polar surface area (TPSA) is 87.6 Å². The van der Waals surface area contributed by atoms with Gasteiger partial charge in [0.2, 0.25) is 5.78 Å². The molecule has 7 nitrogen and oxygen atoms in total. The van der Waals surface area contributed by atoms with Crippen molar-refractivity contribution in [2.45, 2.75) is 12.3 Å². The highest BCUT2D eigenvalue weighted by molar-refractivity contribution is 6.15. The molecule has 0 aliphatic carbocycles. The number of halogens is 3. The zero-order valence-electron chi connectivity index (χ0n) is 19.3. The molecule has 1 aromatic heterocycles. The van der Waals surface area contributed by atoms with Crippen LogP contribution in [0, 0.1) is 17.5 Å². The van der Waals surface area contributed by atoms with Gasteiger partial charge < -0.3 is 14.2 Å². The van der Waals surface area contributed by atoms with Crippen LogP contribution in [0.15, 0.2) is 72.8 Å². The summed E-state index contributed by atoms with van der Waals surface area (Å²) in [5, 5.41) is 0. The fourth-order valence-corrected chi connectivity index (χ4v) is 4.44. The Morgan fingerprint density at radius 1 is 0.921 bits per heavy atom. The number of rotatable bonds is 4. The number of carbonyl (C=O) groups excluding carboxylic acids is 2. The molecule has 6 rings (SSSR count). The van der Waals surface area contributed by atoms with Crippen LogP contribution in [0.5, 0.6) is 23.3 Å². The average Bonchev–Trinajstić information content (AvgIpc) is 3.22. The average molecular weight is 516 g/mol. The number of aromatic nitrogens is 2. The molecular formula is C28H15F3N2O5. The van der Waals surface area contributed by atoms with Crippen molar-refractivity contribution in [3.05, 3.63) is 112 Å². The summed E-state index contributed by atoms with van der Waals surface area (Å²) in [7, 11) is 0. The van der Waals surface area contributed by atoms with E-state index in [1.165, 1.54) is 24.5 Å². The molecule has 0 radical (unpaired) electrons. The van der Waals surface area contributed by atoms with Gasteiger partial charge in [-0.05, 0) is 59.7 Å². The molecule has 0 saturated carbocycles. The Kier molecular flexibility index (Phi) is 5.64. The van der Waals surface area contributed by atoms with E-state index in [1.807, 2.05) is 0 Å². The summed E-state index contributed by atoms with van der Waals surface area (Å²) in [6.45, 7) is 0. The van der Waals surface area contributed by atoms with Crippen molar-refractivity contribution < 1.29 is 37.0 Å². The Labute approximate surface area is 213 Å². The standard InChI is InChI=1S/C28H15F3N2O5/c29-19-9-14(10-20(30)25(19)31)11-22-26(35)17-5-6-21-24(27(17)38-22)18(13-23(34)37-21)15-3-1-4-16(12-15)36-28-32-7-2-8-33-28/h1-12,18H,13H2/b22-11-. The van der Waals surface area contributed by atoms with Crippen LogP contribution in [-0.2, 0) is 4.79 Å². The molecule has 2 aliphatic rings. The molecule has 38 heavy (non-hydrogen) atoms. The van der Waals surface area contributed by atoms with E-state index in [1.54, 1.807) is 30.3 Å². The number of fused-ring (bicyclic) bond motifs is 3. The van der Waals surface area contributed by atoms with E-state index in [0.717, 1.165) is 18.2 Å². The molecule has 0 fully saturated rings. The highest BCUT2D eigenvalue weighted by Crippen LogP contribution is 2.49. The van der Waals surface area contributed by atoms with Gasteiger partial charge in [0.25, 0.3) is 0 Å². The molecule has 3 heterocycles. The summed E-state index contributed by atoms with van der Waals surface area (Å²) in [5.74, 6) is -5.38. The van der Waals surface area contributed by atoms with E-state index in [4.69, 9.17) is 14.2 Å². The number of hydrogen-bond acceptors (Lipinski definition) is 7. The Morgan fingerprint density at radius 3 is 2.45 bits per heavy atom. The summed E-state index contributed by atoms with van der Waals surface area (Å²) in [4.78, 5) is 33.6. The zero-order chi connectivity index (χ0) is 26.4. The lowest BCUT2D eigenvalue weighted by Gasteiger charge is -2.26. The second-order valence-electron chi connectivity index (χ2n) is 8.53. The molecular weight excluding hydrogens is 501 g/mol. The van der Waals surface area contributed by atoms with Crippen molar-refractivity contribution in [3.63, 3.8) is 0 Å². The minimum atomic E-state index is -1.61. The van der Waals surface area contributed by atoms with Crippen LogP contribution in [0.1, 0.15) is 39.4 Å². The van der Waals surface area contributed by atoms with Gasteiger partial charge in [0, 0.05) is 23.9 Å². The smallest absolute Gasteiger partial charge is 0.321 e. The van der Waals surface area contributed by atoms with Gasteiger partial charge >= 0.3 is 12.0 Å². The van der Waals surface area contributed by atoms with E-state index < -0.39 is 35.1 Å². The number of esters is 1. The lowest BCUT2D eigenvalue weighted by Crippen LogP contribution is -2.21. The molecule has 1 unspecified atom stereocenters. The molecule has 0 amide bonds. The number of benzene rings is 3. The molecule has 2 aliphatic heterocycles. The monoisotopic (exact) mass is 516 g/mol. The third-order valence-electron chi connectivity index (χ3n) is 6.10. The third-order valence-corrected chi connectivity index (χ3v) is 6.10. The molecule has 4 aromatic rings. The number of hydrogen-bond donors (Lipinski definition) is 0. The van der Waals surface area contributed by atoms with Crippen molar-refractivity contribution in [1.29, 1.82) is 0 Å². The molecule has 188 valence electrons. The first kappa shape index (κ1) is 23.4. The predicted octanol–water partition coefficient (Wildman–Crippen LogP) is 5.74. The Morgan fingerprint density at radius 2 is 1.68 bits per heavy atom. The first-order valence-corrected chi connectivity index (χ1v) is 11.4. The summed E-state index contributed by atoms with van der Waals surface area (Å²) in [5.41, 5.74) is 1.23. The highest BCUT2D eigenvalue weighted by atomic mass is 19.2. The second-order valence-corrected chi connectivity index (χ2v) is 8.53. The van der Waals surface area contributed by atoms with Gasteiger partial charge in [-0.25, -0.2) is 23.1 Å². The number of nitrogens with zero attached hydrogens (tertiary/aromatic N) is 2. The van der Waals surface area contributed by atoms with Crippen LogP contribution >= 0.6 is 0 Å². The van der Waals surface area contributed by atoms with Gasteiger partial charge in [-0.1, -0.05) is 12.1 Å². The summed E-state index contributed by atoms with van der Waals surface area (Å²) in [6, 6.07) is 13.2. The largest absolute Gasteiger partial charge is 0.452 e. The molecule has 0 bridgehead atoms. The summed E-state index contributed by atoms with van der Waals surface area (Å²) >= 11 is 0. The second kappa shape index (κ2) is 9.15. The molecule has 0 saturated heterocycles. The molecule has 1 atom stereocenters. The van der Waals surface area contributed by atoms with E-state index in [-0.39, 0.29) is 40.8 Å². The van der Waals surface area contributed by atoms with E-state index in [2.05, 4.69) is 9.97 Å². The normalized spacial score (nSPS) is 17.0. The summed E-state index contributed by atoms with van der Waals surface area (Å²) < 4.78 is 57.8. The van der Waals surface area contributed by atoms with E-state index in [9.17, 15) is 22.8 Å². The lowest BCUT2D eigenvalue weighted by atomic mass is 9.84. The van der Waals surface area contributed by atoms with Crippen LogP contribution in [0.25, 0.3) is 6.08 Å². The number of allylic oxidation sites excluding steroid dienone is 1. The van der Waals surface area contributed by atoms with E-state index >= 15 is 0 Å². The third kappa shape index (κ3) is 4.15. The first-order valence-electron chi connectivity index (χ1n) is 11.4. The van der Waals surface area contributed by atoms with Crippen molar-refractivity contribution in [2.75, 3.05) is 0 Å². The van der Waals surface area contributed by atoms with Gasteiger partial charge in [0.15, 0.2) is 23.2 Å². The predicted molar refractivity (Wildman–Crippen MR) is 126 cm³/mol. The van der Waals surface area contributed by atoms with Crippen molar-refractivity contribution >= 4 is 17.8 Å². The van der Waals surface area contributed by atoms with Crippen molar-refractivity contribution in [1.82, 2.24) is 9.97 Å². The Bertz CT molecular complexity index is 1630. The fraction of sp³-hybridized carbons (Fsp3) is 0.0714. The molecule has 3 aromatic carbocycles. The van der Waals surface area contributed by atoms with Gasteiger partial charge in [-0.15, -0.1) is 0 Å². The summed E-state index contributed by atoms with van der Waals surface area (Å²) in [6.07, 6.45) is 4.16. The molecule has 0 N–H and O–H groups in total. The first-order chi connectivity index (χ1) is 18.4. The quantitative estimate of drug-likeness (QED) is 0.148. The van der Waals surface area contributed by atoms with Gasteiger partial charge in [0.1, 0.15) is 17.2 Å². The molecule has 10 heteroatoms. The highest BCUT2D eigenvalue weighted by Gasteiger charge is 2.38. The lowest BCUT2D eigenvalue weighted by molar-refractivity contribution is -0.135. The fourth-order valence-electron chi connectivity index (χ4n) is 4.44. The van der Waals surface area contributed by atoms with Gasteiger partial charge in [-0.3, -0.25) is 9.59 Å². The minimum Gasteiger partial charge on any atom is -0.452 e. The Balaban J connectivity index is 1.39. The number of ether oxygens (including phenoxy) is 3. The van der Waals surface area contributed by atoms with Crippen LogP contribution < -0.4 is 14.2 Å². The number of Topliss-reactive ketones (excluding diaryl/α,β-unsaturated/α-hetero) is 1. The van der Waals surface area contributed by atoms with Crippen LogP contribution in [-0.4, -0.2) is 21.7 Å². The zero-order valence-corrected chi connectivity index (χ0v) is 19.3. The maximum Gasteiger partial charge on any atom is 0.321 e. The Hall–Kier alpha value is -4.99. The van der Waals surface area contributed by atoms with Crippen molar-refractivity contribution in [3.8, 4) is 23.3 Å². The van der Waals surface area contributed by atoms with Crippen molar-refractivity contribution in [2.24, 2.45) is 0 Å². The number of carbonyl (C=O) groups is 2. The van der Waals surface area contributed by atoms with Crippen LogP contribution in [0.4, 0.5) is 13.2 Å². The van der Waals surface area contributed by atoms with Gasteiger partial charge in [-0.2, -0.15) is 0 Å².